The van der Waals surface area contributed by atoms with Crippen LogP contribution in [0, 0.1) is 34.5 Å². The van der Waals surface area contributed by atoms with Gasteiger partial charge in [0.2, 0.25) is 0 Å². The molecule has 6 fully saturated rings. The zero-order chi connectivity index (χ0) is 29.2. The third-order valence-corrected chi connectivity index (χ3v) is 14.5. The van der Waals surface area contributed by atoms with Crippen LogP contribution in [0.15, 0.2) is 0 Å². The van der Waals surface area contributed by atoms with Gasteiger partial charge in [-0.25, -0.2) is 0 Å². The van der Waals surface area contributed by atoms with Crippen LogP contribution in [0.4, 0.5) is 0 Å². The van der Waals surface area contributed by atoms with Gasteiger partial charge in [-0.05, 0) is 99.7 Å². The maximum absolute atomic E-state index is 12.5. The molecule has 2 heterocycles. The Hall–Kier alpha value is -1.14. The molecule has 0 N–H and O–H groups in total. The van der Waals surface area contributed by atoms with Gasteiger partial charge in [-0.15, -0.1) is 0 Å². The van der Waals surface area contributed by atoms with E-state index in [0.29, 0.717) is 35.3 Å². The molecule has 0 aromatic carbocycles. The number of esters is 2. The highest BCUT2D eigenvalue weighted by atomic mass is 16.5. The zero-order valence-corrected chi connectivity index (χ0v) is 27.2. The van der Waals surface area contributed by atoms with E-state index in [1.165, 1.54) is 103 Å². The van der Waals surface area contributed by atoms with Gasteiger partial charge in [-0.3, -0.25) is 9.59 Å². The fraction of sp³-hybridized carbons (Fsp3) is 0.943. The van der Waals surface area contributed by atoms with Crippen LogP contribution in [0.25, 0.3) is 0 Å². The summed E-state index contributed by atoms with van der Waals surface area (Å²) in [7, 11) is 4.94. The predicted octanol–water partition coefficient (Wildman–Crippen LogP) is 6.11. The van der Waals surface area contributed by atoms with Crippen molar-refractivity contribution in [2.45, 2.75) is 135 Å². The molecular formula is C35H60N2O4+2. The number of rotatable bonds is 4. The second kappa shape index (κ2) is 10.8. The quantitative estimate of drug-likeness (QED) is 0.301. The molecule has 0 amide bonds. The predicted molar refractivity (Wildman–Crippen MR) is 161 cm³/mol. The summed E-state index contributed by atoms with van der Waals surface area (Å²) in [4.78, 5) is 24.8. The Bertz CT molecular complexity index is 1000. The van der Waals surface area contributed by atoms with Gasteiger partial charge in [0.15, 0.2) is 12.2 Å². The molecule has 0 aromatic rings. The number of carbonyl (C=O) groups is 2. The van der Waals surface area contributed by atoms with Crippen LogP contribution in [-0.4, -0.2) is 85.5 Å². The van der Waals surface area contributed by atoms with E-state index in [4.69, 9.17) is 9.47 Å². The molecule has 3 unspecified atom stereocenters. The minimum absolute atomic E-state index is 0.0462. The smallest absolute Gasteiger partial charge is 0.303 e. The monoisotopic (exact) mass is 572 g/mol. The molecular weight excluding hydrogens is 512 g/mol. The number of likely N-dealkylation sites (N-methyl/N-ethyl adjacent to an activating group) is 2. The highest BCUT2D eigenvalue weighted by molar-refractivity contribution is 5.66. The summed E-state index contributed by atoms with van der Waals surface area (Å²) in [6, 6.07) is 0.846. The molecule has 41 heavy (non-hydrogen) atoms. The van der Waals surface area contributed by atoms with Gasteiger partial charge in [-0.2, -0.15) is 0 Å². The van der Waals surface area contributed by atoms with Crippen molar-refractivity contribution in [3.63, 3.8) is 0 Å². The molecule has 6 aliphatic rings. The van der Waals surface area contributed by atoms with Crippen molar-refractivity contribution >= 4 is 11.9 Å². The number of fused-ring (bicyclic) bond motifs is 5. The van der Waals surface area contributed by atoms with Gasteiger partial charge in [0.25, 0.3) is 0 Å². The van der Waals surface area contributed by atoms with Gasteiger partial charge in [0, 0.05) is 32.1 Å². The van der Waals surface area contributed by atoms with E-state index in [1.807, 2.05) is 0 Å². The van der Waals surface area contributed by atoms with Crippen molar-refractivity contribution in [2.24, 2.45) is 34.5 Å². The number of ether oxygens (including phenoxy) is 2. The molecule has 2 saturated heterocycles. The average Bonchev–Trinajstić information content (AvgIpc) is 3.21. The summed E-state index contributed by atoms with van der Waals surface area (Å²) in [6.45, 7) is 13.3. The zero-order valence-electron chi connectivity index (χ0n) is 27.2. The van der Waals surface area contributed by atoms with E-state index in [0.717, 1.165) is 21.3 Å². The van der Waals surface area contributed by atoms with E-state index in [9.17, 15) is 9.59 Å². The number of nitrogens with zero attached hydrogens (tertiary/aromatic N) is 2. The lowest BCUT2D eigenvalue weighted by Gasteiger charge is -2.63. The molecule has 0 bridgehead atoms. The first-order valence-electron chi connectivity index (χ1n) is 17.4. The van der Waals surface area contributed by atoms with Crippen molar-refractivity contribution in [2.75, 3.05) is 40.3 Å². The fourth-order valence-corrected chi connectivity index (χ4v) is 12.3. The van der Waals surface area contributed by atoms with Crippen LogP contribution in [-0.2, 0) is 19.1 Å². The van der Waals surface area contributed by atoms with Crippen LogP contribution >= 0.6 is 0 Å². The summed E-state index contributed by atoms with van der Waals surface area (Å²) in [5, 5.41) is 0. The number of piperidine rings is 2. The van der Waals surface area contributed by atoms with Gasteiger partial charge in [0.05, 0.1) is 40.3 Å². The van der Waals surface area contributed by atoms with E-state index < -0.39 is 0 Å². The van der Waals surface area contributed by atoms with Crippen LogP contribution in [0.5, 0.6) is 0 Å². The first-order chi connectivity index (χ1) is 19.4. The minimum atomic E-state index is -0.0998. The first-order valence-corrected chi connectivity index (χ1v) is 17.4. The third-order valence-electron chi connectivity index (χ3n) is 14.5. The maximum Gasteiger partial charge on any atom is 0.303 e. The van der Waals surface area contributed by atoms with E-state index in [1.54, 1.807) is 13.8 Å². The normalized spacial score (nSPS) is 46.9. The molecule has 4 saturated carbocycles. The molecule has 6 rings (SSSR count). The van der Waals surface area contributed by atoms with Crippen molar-refractivity contribution in [1.82, 2.24) is 0 Å². The molecule has 0 radical (unpaired) electrons. The summed E-state index contributed by atoms with van der Waals surface area (Å²) < 4.78 is 14.7. The van der Waals surface area contributed by atoms with Crippen molar-refractivity contribution in [1.29, 1.82) is 0 Å². The Morgan fingerprint density at radius 3 is 1.85 bits per heavy atom. The van der Waals surface area contributed by atoms with Crippen LogP contribution in [0.1, 0.15) is 111 Å². The van der Waals surface area contributed by atoms with Crippen LogP contribution in [0.3, 0.4) is 0 Å². The summed E-state index contributed by atoms with van der Waals surface area (Å²) in [6.07, 6.45) is 16.4. The Morgan fingerprint density at radius 1 is 0.683 bits per heavy atom. The Kier molecular flexibility index (Phi) is 7.87. The highest BCUT2D eigenvalue weighted by Crippen LogP contribution is 2.68. The average molecular weight is 573 g/mol. The molecule has 2 aliphatic heterocycles. The molecule has 10 atom stereocenters. The number of likely N-dealkylation sites (tertiary alicyclic amines) is 2. The highest BCUT2D eigenvalue weighted by Gasteiger charge is 2.68. The topological polar surface area (TPSA) is 52.6 Å². The lowest BCUT2D eigenvalue weighted by molar-refractivity contribution is -0.943. The fourth-order valence-electron chi connectivity index (χ4n) is 12.3. The second-order valence-corrected chi connectivity index (χ2v) is 16.7. The lowest BCUT2D eigenvalue weighted by atomic mass is 9.44. The van der Waals surface area contributed by atoms with Crippen LogP contribution < -0.4 is 0 Å². The Morgan fingerprint density at radius 2 is 1.27 bits per heavy atom. The minimum Gasteiger partial charge on any atom is -0.456 e. The van der Waals surface area contributed by atoms with Gasteiger partial charge < -0.3 is 18.4 Å². The largest absolute Gasteiger partial charge is 0.456 e. The lowest BCUT2D eigenvalue weighted by Crippen LogP contribution is -2.66. The number of hydrogen-bond donors (Lipinski definition) is 0. The standard InChI is InChI=1S/C35H60N2O4/c1-24(38)40-32-21-26-13-14-27-28(35(26,4)23-31(32)37(6)19-11-8-12-20-37)15-16-34(3)29(27)22-30(33(34)41-25(2)39)36(5)17-9-7-10-18-36/h26-33H,7-23H2,1-6H3/q+2/t26-,27?,28?,29?,30+,31+,32-,33+,34+,35+/m1/s1. The van der Waals surface area contributed by atoms with E-state index in [2.05, 4.69) is 27.9 Å². The SMILES string of the molecule is CC(=O)O[C@@H]1C[C@H]2CCC3C4C[C@H]([N+]5(C)CCCCC5)[C@H](OC(C)=O)[C@@]4(C)CCC3[C@@]2(C)C[C@@H]1[N+]1(C)CCCCC1. The van der Waals surface area contributed by atoms with E-state index >= 15 is 0 Å². The van der Waals surface area contributed by atoms with Gasteiger partial charge >= 0.3 is 11.9 Å². The summed E-state index contributed by atoms with van der Waals surface area (Å²) in [5.74, 6) is 2.52. The van der Waals surface area contributed by atoms with Gasteiger partial charge in [0.1, 0.15) is 12.1 Å². The second-order valence-electron chi connectivity index (χ2n) is 16.7. The molecule has 0 spiro atoms. The Labute approximate surface area is 250 Å². The number of quaternary nitrogens is 2. The van der Waals surface area contributed by atoms with Crippen LogP contribution in [0.2, 0.25) is 0 Å². The summed E-state index contributed by atoms with van der Waals surface area (Å²) in [5.41, 5.74) is 0.377. The molecule has 0 aromatic heterocycles. The van der Waals surface area contributed by atoms with Crippen molar-refractivity contribution < 1.29 is 28.0 Å². The Balaban J connectivity index is 1.31. The number of hydrogen-bond acceptors (Lipinski definition) is 4. The maximum atomic E-state index is 12.5. The van der Waals surface area contributed by atoms with Gasteiger partial charge in [-0.1, -0.05) is 13.8 Å². The first kappa shape index (κ1) is 29.9. The molecule has 232 valence electrons. The van der Waals surface area contributed by atoms with Crippen molar-refractivity contribution in [3.8, 4) is 0 Å². The molecule has 6 nitrogen and oxygen atoms in total. The molecule has 6 heteroatoms. The third kappa shape index (κ3) is 4.99. The van der Waals surface area contributed by atoms with E-state index in [-0.39, 0.29) is 29.6 Å². The number of carbonyl (C=O) groups excluding carboxylic acids is 2. The van der Waals surface area contributed by atoms with Crippen molar-refractivity contribution in [3.05, 3.63) is 0 Å². The summed E-state index contributed by atoms with van der Waals surface area (Å²) >= 11 is 0. The molecule has 4 aliphatic carbocycles.